The summed E-state index contributed by atoms with van der Waals surface area (Å²) in [5, 5.41) is 9.34. The number of aryl methyl sites for hydroxylation is 1. The highest BCUT2D eigenvalue weighted by atomic mass is 35.5. The number of aromatic nitrogens is 1. The molecular formula is C16H15ClN2O2. The van der Waals surface area contributed by atoms with Crippen molar-refractivity contribution in [3.63, 3.8) is 0 Å². The van der Waals surface area contributed by atoms with Gasteiger partial charge in [-0.25, -0.2) is 9.78 Å². The maximum Gasteiger partial charge on any atom is 0.337 e. The molecule has 2 heterocycles. The first-order valence-corrected chi connectivity index (χ1v) is 7.23. The summed E-state index contributed by atoms with van der Waals surface area (Å²) < 4.78 is 0. The van der Waals surface area contributed by atoms with E-state index in [4.69, 9.17) is 11.6 Å². The Balaban J connectivity index is 1.94. The highest BCUT2D eigenvalue weighted by molar-refractivity contribution is 6.33. The summed E-state index contributed by atoms with van der Waals surface area (Å²) in [5.41, 5.74) is 2.72. The van der Waals surface area contributed by atoms with Crippen LogP contribution >= 0.6 is 11.6 Å². The Labute approximate surface area is 128 Å². The molecule has 0 radical (unpaired) electrons. The van der Waals surface area contributed by atoms with E-state index in [0.717, 1.165) is 25.9 Å². The molecule has 1 aliphatic rings. The van der Waals surface area contributed by atoms with Crippen LogP contribution in [0.3, 0.4) is 0 Å². The molecule has 108 valence electrons. The zero-order valence-corrected chi connectivity index (χ0v) is 12.2. The van der Waals surface area contributed by atoms with Gasteiger partial charge in [-0.05, 0) is 30.0 Å². The molecule has 0 unspecified atom stereocenters. The summed E-state index contributed by atoms with van der Waals surface area (Å²) >= 11 is 5.88. The van der Waals surface area contributed by atoms with Gasteiger partial charge in [-0.3, -0.25) is 0 Å². The van der Waals surface area contributed by atoms with Crippen LogP contribution in [0.2, 0.25) is 5.02 Å². The number of aromatic carboxylic acids is 1. The van der Waals surface area contributed by atoms with E-state index < -0.39 is 5.97 Å². The first-order chi connectivity index (χ1) is 10.1. The van der Waals surface area contributed by atoms with Gasteiger partial charge in [0.05, 0.1) is 10.6 Å². The van der Waals surface area contributed by atoms with Gasteiger partial charge in [0.15, 0.2) is 0 Å². The smallest absolute Gasteiger partial charge is 0.337 e. The zero-order chi connectivity index (χ0) is 14.8. The first-order valence-electron chi connectivity index (χ1n) is 6.86. The van der Waals surface area contributed by atoms with E-state index in [1.165, 1.54) is 17.3 Å². The van der Waals surface area contributed by atoms with Crippen molar-refractivity contribution in [3.05, 3.63) is 58.2 Å². The molecule has 21 heavy (non-hydrogen) atoms. The van der Waals surface area contributed by atoms with E-state index in [1.54, 1.807) is 6.07 Å². The second-order valence-electron chi connectivity index (χ2n) is 5.12. The maximum absolute atomic E-state index is 11.2. The summed E-state index contributed by atoms with van der Waals surface area (Å²) in [6, 6.07) is 9.90. The van der Waals surface area contributed by atoms with Gasteiger partial charge >= 0.3 is 5.97 Å². The molecule has 0 aliphatic carbocycles. The Morgan fingerprint density at radius 2 is 2.05 bits per heavy atom. The molecule has 3 rings (SSSR count). The number of carboxylic acid groups (broad SMARTS) is 1. The Morgan fingerprint density at radius 1 is 1.29 bits per heavy atom. The lowest BCUT2D eigenvalue weighted by Gasteiger charge is -2.22. The minimum atomic E-state index is -1.03. The number of pyridine rings is 1. The van der Waals surface area contributed by atoms with E-state index in [2.05, 4.69) is 28.1 Å². The molecule has 0 saturated heterocycles. The van der Waals surface area contributed by atoms with Crippen molar-refractivity contribution in [1.29, 1.82) is 0 Å². The second kappa shape index (κ2) is 5.74. The number of carboxylic acids is 1. The monoisotopic (exact) mass is 302 g/mol. The first kappa shape index (κ1) is 13.9. The van der Waals surface area contributed by atoms with Gasteiger partial charge in [-0.1, -0.05) is 35.9 Å². The number of rotatable bonds is 2. The molecule has 0 atom stereocenters. The van der Waals surface area contributed by atoms with Crippen LogP contribution in [0, 0.1) is 0 Å². The van der Waals surface area contributed by atoms with Crippen LogP contribution in [0.4, 0.5) is 5.82 Å². The van der Waals surface area contributed by atoms with Crippen molar-refractivity contribution in [1.82, 2.24) is 4.98 Å². The maximum atomic E-state index is 11.2. The summed E-state index contributed by atoms with van der Waals surface area (Å²) in [4.78, 5) is 17.6. The molecule has 1 aromatic carbocycles. The third-order valence-electron chi connectivity index (χ3n) is 3.75. The number of nitrogens with zero attached hydrogens (tertiary/aromatic N) is 2. The average Bonchev–Trinajstić information content (AvgIpc) is 2.69. The minimum absolute atomic E-state index is 0.0965. The molecule has 1 N–H and O–H groups in total. The Bertz CT molecular complexity index is 688. The quantitative estimate of drug-likeness (QED) is 0.924. The van der Waals surface area contributed by atoms with Gasteiger partial charge in [0, 0.05) is 19.3 Å². The van der Waals surface area contributed by atoms with Crippen molar-refractivity contribution in [2.75, 3.05) is 11.4 Å². The summed E-state index contributed by atoms with van der Waals surface area (Å²) in [7, 11) is 0. The lowest BCUT2D eigenvalue weighted by atomic mass is 10.0. The molecule has 0 saturated carbocycles. The van der Waals surface area contributed by atoms with E-state index >= 15 is 0 Å². The minimum Gasteiger partial charge on any atom is -0.478 e. The number of hydrogen-bond donors (Lipinski definition) is 1. The molecule has 1 aliphatic heterocycles. The van der Waals surface area contributed by atoms with E-state index in [1.807, 2.05) is 6.07 Å². The fourth-order valence-electron chi connectivity index (χ4n) is 2.66. The summed E-state index contributed by atoms with van der Waals surface area (Å²) in [6.45, 7) is 1.59. The lowest BCUT2D eigenvalue weighted by molar-refractivity contribution is 0.0697. The van der Waals surface area contributed by atoms with Gasteiger partial charge in [0.1, 0.15) is 5.82 Å². The SMILES string of the molecule is O=C(O)c1cc(N2CCCc3ccccc3C2)ncc1Cl. The Hall–Kier alpha value is -2.07. The molecular weight excluding hydrogens is 288 g/mol. The zero-order valence-electron chi connectivity index (χ0n) is 11.4. The number of anilines is 1. The number of benzene rings is 1. The van der Waals surface area contributed by atoms with Gasteiger partial charge in [-0.2, -0.15) is 0 Å². The predicted molar refractivity (Wildman–Crippen MR) is 82.0 cm³/mol. The van der Waals surface area contributed by atoms with Crippen molar-refractivity contribution < 1.29 is 9.90 Å². The Morgan fingerprint density at radius 3 is 2.81 bits per heavy atom. The number of carbonyl (C=O) groups is 1. The normalized spacial score (nSPS) is 14.4. The summed E-state index contributed by atoms with van der Waals surface area (Å²) in [5.74, 6) is -0.368. The molecule has 2 aromatic rings. The van der Waals surface area contributed by atoms with Gasteiger partial charge in [-0.15, -0.1) is 0 Å². The van der Waals surface area contributed by atoms with Crippen LogP contribution < -0.4 is 4.90 Å². The van der Waals surface area contributed by atoms with Gasteiger partial charge in [0.25, 0.3) is 0 Å². The number of hydrogen-bond acceptors (Lipinski definition) is 3. The third kappa shape index (κ3) is 2.85. The topological polar surface area (TPSA) is 53.4 Å². The largest absolute Gasteiger partial charge is 0.478 e. The molecule has 0 spiro atoms. The average molecular weight is 303 g/mol. The fourth-order valence-corrected chi connectivity index (χ4v) is 2.84. The van der Waals surface area contributed by atoms with Gasteiger partial charge < -0.3 is 10.0 Å². The Kier molecular flexibility index (Phi) is 3.80. The van der Waals surface area contributed by atoms with Crippen molar-refractivity contribution in [2.24, 2.45) is 0 Å². The number of fused-ring (bicyclic) bond motifs is 1. The van der Waals surface area contributed by atoms with Crippen LogP contribution in [0.15, 0.2) is 36.5 Å². The van der Waals surface area contributed by atoms with Crippen LogP contribution in [0.1, 0.15) is 27.9 Å². The molecule has 4 nitrogen and oxygen atoms in total. The molecule has 0 bridgehead atoms. The summed E-state index contributed by atoms with van der Waals surface area (Å²) in [6.07, 6.45) is 3.47. The highest BCUT2D eigenvalue weighted by Gasteiger charge is 2.18. The lowest BCUT2D eigenvalue weighted by Crippen LogP contribution is -2.24. The van der Waals surface area contributed by atoms with E-state index in [0.29, 0.717) is 5.82 Å². The van der Waals surface area contributed by atoms with Crippen LogP contribution in [-0.2, 0) is 13.0 Å². The van der Waals surface area contributed by atoms with Crippen LogP contribution in [-0.4, -0.2) is 22.6 Å². The second-order valence-corrected chi connectivity index (χ2v) is 5.53. The molecule has 0 fully saturated rings. The predicted octanol–water partition coefficient (Wildman–Crippen LogP) is 3.39. The molecule has 1 aromatic heterocycles. The van der Waals surface area contributed by atoms with Crippen molar-refractivity contribution >= 4 is 23.4 Å². The van der Waals surface area contributed by atoms with Crippen molar-refractivity contribution in [2.45, 2.75) is 19.4 Å². The van der Waals surface area contributed by atoms with Crippen LogP contribution in [0.25, 0.3) is 0 Å². The highest BCUT2D eigenvalue weighted by Crippen LogP contribution is 2.25. The molecule has 5 heteroatoms. The van der Waals surface area contributed by atoms with E-state index in [9.17, 15) is 9.90 Å². The molecule has 0 amide bonds. The number of halogens is 1. The van der Waals surface area contributed by atoms with E-state index in [-0.39, 0.29) is 10.6 Å². The standard InChI is InChI=1S/C16H15ClN2O2/c17-14-9-18-15(8-13(14)16(20)21)19-7-3-6-11-4-1-2-5-12(11)10-19/h1-2,4-5,8-9H,3,6-7,10H2,(H,20,21). The van der Waals surface area contributed by atoms with Crippen molar-refractivity contribution in [3.8, 4) is 0 Å². The van der Waals surface area contributed by atoms with Crippen LogP contribution in [0.5, 0.6) is 0 Å². The fraction of sp³-hybridized carbons (Fsp3) is 0.250. The van der Waals surface area contributed by atoms with Gasteiger partial charge in [0.2, 0.25) is 0 Å². The third-order valence-corrected chi connectivity index (χ3v) is 4.05.